The Kier molecular flexibility index (Phi) is 1.92. The van der Waals surface area contributed by atoms with Crippen LogP contribution >= 0.6 is 0 Å². The number of rotatable bonds is 2. The van der Waals surface area contributed by atoms with E-state index >= 15 is 0 Å². The fourth-order valence-electron chi connectivity index (χ4n) is 2.05. The summed E-state index contributed by atoms with van der Waals surface area (Å²) in [5, 5.41) is 13.2. The normalized spacial score (nSPS) is 18.7. The fourth-order valence-corrected chi connectivity index (χ4v) is 2.05. The van der Waals surface area contributed by atoms with Crippen molar-refractivity contribution in [3.8, 4) is 0 Å². The topological polar surface area (TPSA) is 72.2 Å². The van der Waals surface area contributed by atoms with E-state index in [1.54, 1.807) is 17.9 Å². The van der Waals surface area contributed by atoms with Crippen molar-refractivity contribution in [2.24, 2.45) is 7.05 Å². The fraction of sp³-hybridized carbons (Fsp3) is 0.500. The third-order valence-corrected chi connectivity index (χ3v) is 3.16. The Morgan fingerprint density at radius 1 is 1.60 bits per heavy atom. The summed E-state index contributed by atoms with van der Waals surface area (Å²) in [6, 6.07) is 0. The highest BCUT2D eigenvalue weighted by Crippen LogP contribution is 2.42. The number of carboxylic acid groups (broad SMARTS) is 1. The second-order valence-electron chi connectivity index (χ2n) is 4.05. The average Bonchev–Trinajstić information content (AvgIpc) is 2.42. The number of ketones is 1. The number of nitrogens with zero attached hydrogens (tertiary/aromatic N) is 2. The molecule has 2 rings (SSSR count). The van der Waals surface area contributed by atoms with Gasteiger partial charge in [-0.3, -0.25) is 14.3 Å². The van der Waals surface area contributed by atoms with Gasteiger partial charge in [0.2, 0.25) is 0 Å². The molecule has 0 saturated heterocycles. The van der Waals surface area contributed by atoms with Crippen LogP contribution < -0.4 is 0 Å². The molecule has 0 atom stereocenters. The predicted octanol–water partition coefficient (Wildman–Crippen LogP) is 0.414. The Bertz CT molecular complexity index is 440. The highest BCUT2D eigenvalue weighted by atomic mass is 16.4. The van der Waals surface area contributed by atoms with Crippen molar-refractivity contribution in [1.29, 1.82) is 0 Å². The Morgan fingerprint density at radius 2 is 2.20 bits per heavy atom. The summed E-state index contributed by atoms with van der Waals surface area (Å²) in [4.78, 5) is 22.2. The van der Waals surface area contributed by atoms with Crippen LogP contribution in [0.5, 0.6) is 0 Å². The molecule has 1 aromatic rings. The summed E-state index contributed by atoms with van der Waals surface area (Å²) >= 11 is 0. The lowest BCUT2D eigenvalue weighted by Crippen LogP contribution is -2.48. The van der Waals surface area contributed by atoms with Gasteiger partial charge < -0.3 is 5.11 Å². The molecule has 1 aromatic heterocycles. The molecular weight excluding hydrogens is 196 g/mol. The average molecular weight is 208 g/mol. The molecule has 5 heteroatoms. The SMILES string of the molecule is Cc1c(C2(C(=O)O)CC(=O)C2)cnn1C. The van der Waals surface area contributed by atoms with Crippen LogP contribution in [-0.4, -0.2) is 26.6 Å². The van der Waals surface area contributed by atoms with Crippen LogP contribution in [-0.2, 0) is 22.1 Å². The molecular formula is C10H12N2O3. The van der Waals surface area contributed by atoms with Gasteiger partial charge in [0.1, 0.15) is 11.2 Å². The van der Waals surface area contributed by atoms with E-state index in [-0.39, 0.29) is 18.6 Å². The summed E-state index contributed by atoms with van der Waals surface area (Å²) in [6.07, 6.45) is 1.74. The number of hydrogen-bond donors (Lipinski definition) is 1. The molecule has 80 valence electrons. The first-order valence-electron chi connectivity index (χ1n) is 4.71. The summed E-state index contributed by atoms with van der Waals surface area (Å²) in [5.74, 6) is -0.932. The van der Waals surface area contributed by atoms with E-state index in [0.29, 0.717) is 5.56 Å². The van der Waals surface area contributed by atoms with Gasteiger partial charge >= 0.3 is 5.97 Å². The van der Waals surface area contributed by atoms with Crippen molar-refractivity contribution in [2.75, 3.05) is 0 Å². The van der Waals surface area contributed by atoms with E-state index in [0.717, 1.165) is 5.69 Å². The van der Waals surface area contributed by atoms with Gasteiger partial charge in [-0.2, -0.15) is 5.10 Å². The molecule has 1 fully saturated rings. The third-order valence-electron chi connectivity index (χ3n) is 3.16. The van der Waals surface area contributed by atoms with Gasteiger partial charge in [-0.15, -0.1) is 0 Å². The largest absolute Gasteiger partial charge is 0.481 e. The Hall–Kier alpha value is -1.65. The van der Waals surface area contributed by atoms with Crippen molar-refractivity contribution in [3.05, 3.63) is 17.5 Å². The summed E-state index contributed by atoms with van der Waals surface area (Å²) in [5.41, 5.74) is 0.456. The van der Waals surface area contributed by atoms with Crippen LogP contribution in [0, 0.1) is 6.92 Å². The predicted molar refractivity (Wildman–Crippen MR) is 51.5 cm³/mol. The van der Waals surface area contributed by atoms with Gasteiger partial charge in [-0.25, -0.2) is 0 Å². The number of hydrogen-bond acceptors (Lipinski definition) is 3. The van der Waals surface area contributed by atoms with Crippen LogP contribution in [0.1, 0.15) is 24.1 Å². The number of carbonyl (C=O) groups is 2. The van der Waals surface area contributed by atoms with Crippen molar-refractivity contribution >= 4 is 11.8 Å². The molecule has 0 unspecified atom stereocenters. The lowest BCUT2D eigenvalue weighted by Gasteiger charge is -2.35. The number of aryl methyl sites for hydroxylation is 1. The van der Waals surface area contributed by atoms with Crippen LogP contribution in [0.15, 0.2) is 6.20 Å². The lowest BCUT2D eigenvalue weighted by molar-refractivity contribution is -0.153. The molecule has 5 nitrogen and oxygen atoms in total. The first-order chi connectivity index (χ1) is 6.97. The number of aromatic nitrogens is 2. The second-order valence-corrected chi connectivity index (χ2v) is 4.05. The van der Waals surface area contributed by atoms with Crippen LogP contribution in [0.25, 0.3) is 0 Å². The molecule has 1 saturated carbocycles. The Labute approximate surface area is 86.7 Å². The quantitative estimate of drug-likeness (QED) is 0.764. The van der Waals surface area contributed by atoms with Crippen molar-refractivity contribution < 1.29 is 14.7 Å². The van der Waals surface area contributed by atoms with E-state index in [2.05, 4.69) is 5.10 Å². The third kappa shape index (κ3) is 1.19. The minimum atomic E-state index is -1.02. The maximum absolute atomic E-state index is 11.2. The molecule has 1 aliphatic rings. The molecule has 0 aromatic carbocycles. The zero-order valence-corrected chi connectivity index (χ0v) is 8.65. The van der Waals surface area contributed by atoms with Gasteiger partial charge in [0.05, 0.1) is 6.20 Å². The zero-order chi connectivity index (χ0) is 11.2. The number of Topliss-reactive ketones (excluding diaryl/α,β-unsaturated/α-hetero) is 1. The minimum absolute atomic E-state index is 0.000605. The minimum Gasteiger partial charge on any atom is -0.481 e. The van der Waals surface area contributed by atoms with Gasteiger partial charge in [-0.05, 0) is 6.92 Å². The number of carbonyl (C=O) groups excluding carboxylic acids is 1. The maximum atomic E-state index is 11.2. The lowest BCUT2D eigenvalue weighted by atomic mass is 9.64. The molecule has 0 radical (unpaired) electrons. The summed E-state index contributed by atoms with van der Waals surface area (Å²) in [6.45, 7) is 1.82. The van der Waals surface area contributed by atoms with Crippen LogP contribution in [0.4, 0.5) is 0 Å². The molecule has 1 aliphatic carbocycles. The summed E-state index contributed by atoms with van der Waals surface area (Å²) < 4.78 is 1.63. The Morgan fingerprint density at radius 3 is 2.53 bits per heavy atom. The second kappa shape index (κ2) is 2.92. The molecule has 1 N–H and O–H groups in total. The molecule has 15 heavy (non-hydrogen) atoms. The molecule has 0 amide bonds. The molecule has 0 spiro atoms. The van der Waals surface area contributed by atoms with Crippen LogP contribution in [0.2, 0.25) is 0 Å². The highest BCUT2D eigenvalue weighted by Gasteiger charge is 2.53. The van der Waals surface area contributed by atoms with Crippen molar-refractivity contribution in [3.63, 3.8) is 0 Å². The molecule has 0 bridgehead atoms. The Balaban J connectivity index is 2.47. The van der Waals surface area contributed by atoms with Crippen molar-refractivity contribution in [1.82, 2.24) is 9.78 Å². The standard InChI is InChI=1S/C10H12N2O3/c1-6-8(5-11-12(6)2)10(9(14)15)3-7(13)4-10/h5H,3-4H2,1-2H3,(H,14,15). The van der Waals surface area contributed by atoms with E-state index in [9.17, 15) is 14.7 Å². The summed E-state index contributed by atoms with van der Waals surface area (Å²) in [7, 11) is 1.76. The highest BCUT2D eigenvalue weighted by molar-refractivity contribution is 6.01. The van der Waals surface area contributed by atoms with E-state index in [1.165, 1.54) is 0 Å². The first-order valence-corrected chi connectivity index (χ1v) is 4.71. The smallest absolute Gasteiger partial charge is 0.315 e. The first kappa shape index (κ1) is 9.89. The van der Waals surface area contributed by atoms with E-state index < -0.39 is 11.4 Å². The van der Waals surface area contributed by atoms with Crippen LogP contribution in [0.3, 0.4) is 0 Å². The van der Waals surface area contributed by atoms with Gasteiger partial charge in [0.15, 0.2) is 0 Å². The zero-order valence-electron chi connectivity index (χ0n) is 8.65. The van der Waals surface area contributed by atoms with Crippen molar-refractivity contribution in [2.45, 2.75) is 25.2 Å². The molecule has 0 aliphatic heterocycles. The number of aliphatic carboxylic acids is 1. The maximum Gasteiger partial charge on any atom is 0.315 e. The van der Waals surface area contributed by atoms with E-state index in [4.69, 9.17) is 0 Å². The molecule has 1 heterocycles. The monoisotopic (exact) mass is 208 g/mol. The van der Waals surface area contributed by atoms with Gasteiger partial charge in [-0.1, -0.05) is 0 Å². The van der Waals surface area contributed by atoms with Gasteiger partial charge in [0.25, 0.3) is 0 Å². The number of carboxylic acids is 1. The van der Waals surface area contributed by atoms with Gasteiger partial charge in [0, 0.05) is 31.1 Å². The van der Waals surface area contributed by atoms with E-state index in [1.807, 2.05) is 6.92 Å².